The van der Waals surface area contributed by atoms with Gasteiger partial charge in [0.2, 0.25) is 5.82 Å². The van der Waals surface area contributed by atoms with Gasteiger partial charge >= 0.3 is 18.0 Å². The van der Waals surface area contributed by atoms with Gasteiger partial charge in [-0.05, 0) is 31.4 Å². The van der Waals surface area contributed by atoms with Gasteiger partial charge in [-0.3, -0.25) is 0 Å². The van der Waals surface area contributed by atoms with Crippen LogP contribution in [0.4, 0.5) is 13.2 Å². The lowest BCUT2D eigenvalue weighted by Gasteiger charge is -2.22. The van der Waals surface area contributed by atoms with Gasteiger partial charge in [-0.25, -0.2) is 4.79 Å². The second-order valence-electron chi connectivity index (χ2n) is 5.59. The maximum Gasteiger partial charge on any atom is 0.471 e. The number of halogens is 3. The molecule has 0 saturated carbocycles. The molecule has 2 aromatic rings. The number of carbonyl (C=O) groups is 1. The van der Waals surface area contributed by atoms with Crippen LogP contribution in [-0.4, -0.2) is 35.4 Å². The van der Waals surface area contributed by atoms with E-state index in [0.29, 0.717) is 12.2 Å². The number of hydrogen-bond donors (Lipinski definition) is 0. The van der Waals surface area contributed by atoms with E-state index in [2.05, 4.69) is 14.7 Å². The van der Waals surface area contributed by atoms with E-state index in [1.54, 1.807) is 0 Å². The fraction of sp³-hybridized carbons (Fsp3) is 0.438. The molecule has 25 heavy (non-hydrogen) atoms. The van der Waals surface area contributed by atoms with Crippen LogP contribution in [0.25, 0.3) is 11.4 Å². The Morgan fingerprint density at radius 2 is 2.00 bits per heavy atom. The highest BCUT2D eigenvalue weighted by atomic mass is 19.4. The monoisotopic (exact) mass is 356 g/mol. The minimum absolute atomic E-state index is 0.0860. The van der Waals surface area contributed by atoms with E-state index in [1.807, 2.05) is 0 Å². The first kappa shape index (κ1) is 17.4. The SMILES string of the molecule is O=C(OC[C@@H]1CCCCO1)c1ccc(-c2noc(C(F)(F)F)n2)cc1. The number of carbonyl (C=O) groups excluding carboxylic acids is 1. The Hall–Kier alpha value is -2.42. The second kappa shape index (κ2) is 7.22. The lowest BCUT2D eigenvalue weighted by Crippen LogP contribution is -2.25. The summed E-state index contributed by atoms with van der Waals surface area (Å²) in [6, 6.07) is 5.73. The summed E-state index contributed by atoms with van der Waals surface area (Å²) < 4.78 is 52.2. The first-order chi connectivity index (χ1) is 11.9. The van der Waals surface area contributed by atoms with Crippen molar-refractivity contribution < 1.29 is 32.0 Å². The smallest absolute Gasteiger partial charge is 0.459 e. The van der Waals surface area contributed by atoms with E-state index in [1.165, 1.54) is 24.3 Å². The molecule has 0 spiro atoms. The molecule has 1 aromatic carbocycles. The van der Waals surface area contributed by atoms with Crippen LogP contribution in [0.15, 0.2) is 28.8 Å². The van der Waals surface area contributed by atoms with Gasteiger partial charge in [0.15, 0.2) is 0 Å². The fourth-order valence-electron chi connectivity index (χ4n) is 2.40. The fourth-order valence-corrected chi connectivity index (χ4v) is 2.40. The predicted octanol–water partition coefficient (Wildman–Crippen LogP) is 3.48. The van der Waals surface area contributed by atoms with Crippen molar-refractivity contribution in [1.82, 2.24) is 10.1 Å². The molecule has 0 N–H and O–H groups in total. The van der Waals surface area contributed by atoms with Gasteiger partial charge in [-0.2, -0.15) is 18.2 Å². The van der Waals surface area contributed by atoms with Gasteiger partial charge in [0.05, 0.1) is 11.7 Å². The third-order valence-corrected chi connectivity index (χ3v) is 3.72. The molecule has 0 bridgehead atoms. The van der Waals surface area contributed by atoms with E-state index in [-0.39, 0.29) is 24.1 Å². The van der Waals surface area contributed by atoms with E-state index >= 15 is 0 Å². The molecule has 134 valence electrons. The number of ether oxygens (including phenoxy) is 2. The topological polar surface area (TPSA) is 74.5 Å². The van der Waals surface area contributed by atoms with Crippen molar-refractivity contribution in [3.05, 3.63) is 35.7 Å². The summed E-state index contributed by atoms with van der Waals surface area (Å²) in [5.74, 6) is -2.15. The van der Waals surface area contributed by atoms with Gasteiger partial charge in [-0.1, -0.05) is 17.3 Å². The molecule has 1 fully saturated rings. The van der Waals surface area contributed by atoms with Crippen molar-refractivity contribution in [2.24, 2.45) is 0 Å². The molecule has 2 heterocycles. The average Bonchev–Trinajstić information content (AvgIpc) is 3.11. The summed E-state index contributed by atoms with van der Waals surface area (Å²) in [4.78, 5) is 15.3. The summed E-state index contributed by atoms with van der Waals surface area (Å²) in [7, 11) is 0. The second-order valence-corrected chi connectivity index (χ2v) is 5.59. The molecule has 1 saturated heterocycles. The lowest BCUT2D eigenvalue weighted by molar-refractivity contribution is -0.159. The van der Waals surface area contributed by atoms with Crippen LogP contribution in [-0.2, 0) is 15.7 Å². The number of benzene rings is 1. The predicted molar refractivity (Wildman–Crippen MR) is 78.6 cm³/mol. The van der Waals surface area contributed by atoms with Crippen LogP contribution >= 0.6 is 0 Å². The van der Waals surface area contributed by atoms with Gasteiger partial charge < -0.3 is 14.0 Å². The van der Waals surface area contributed by atoms with Gasteiger partial charge in [0.1, 0.15) is 6.61 Å². The summed E-state index contributed by atoms with van der Waals surface area (Å²) >= 11 is 0. The van der Waals surface area contributed by atoms with Crippen LogP contribution < -0.4 is 0 Å². The number of nitrogens with zero attached hydrogens (tertiary/aromatic N) is 2. The average molecular weight is 356 g/mol. The van der Waals surface area contributed by atoms with E-state index < -0.39 is 18.0 Å². The molecular weight excluding hydrogens is 341 g/mol. The maximum absolute atomic E-state index is 12.5. The van der Waals surface area contributed by atoms with Crippen LogP contribution in [0.2, 0.25) is 0 Å². The number of aromatic nitrogens is 2. The number of alkyl halides is 3. The normalized spacial score (nSPS) is 18.1. The third-order valence-electron chi connectivity index (χ3n) is 3.72. The highest BCUT2D eigenvalue weighted by Crippen LogP contribution is 2.29. The van der Waals surface area contributed by atoms with Crippen molar-refractivity contribution in [1.29, 1.82) is 0 Å². The quantitative estimate of drug-likeness (QED) is 0.781. The van der Waals surface area contributed by atoms with E-state index in [4.69, 9.17) is 9.47 Å². The minimum atomic E-state index is -4.70. The van der Waals surface area contributed by atoms with Crippen LogP contribution in [0, 0.1) is 0 Å². The molecular formula is C16H15F3N2O4. The molecule has 0 unspecified atom stereocenters. The highest BCUT2D eigenvalue weighted by molar-refractivity contribution is 5.89. The van der Waals surface area contributed by atoms with E-state index in [9.17, 15) is 18.0 Å². The third kappa shape index (κ3) is 4.36. The van der Waals surface area contributed by atoms with Crippen LogP contribution in [0.1, 0.15) is 35.5 Å². The molecule has 1 aliphatic heterocycles. The van der Waals surface area contributed by atoms with Gasteiger partial charge in [-0.15, -0.1) is 0 Å². The van der Waals surface area contributed by atoms with Crippen molar-refractivity contribution in [3.63, 3.8) is 0 Å². The molecule has 3 rings (SSSR count). The molecule has 1 atom stereocenters. The van der Waals surface area contributed by atoms with Gasteiger partial charge in [0.25, 0.3) is 0 Å². The molecule has 0 amide bonds. The maximum atomic E-state index is 12.5. The van der Waals surface area contributed by atoms with Gasteiger partial charge in [0, 0.05) is 12.2 Å². The zero-order valence-electron chi connectivity index (χ0n) is 13.1. The summed E-state index contributed by atoms with van der Waals surface area (Å²) in [6.07, 6.45) is -1.88. The molecule has 0 aliphatic carbocycles. The molecule has 6 nitrogen and oxygen atoms in total. The standard InChI is InChI=1S/C16H15F3N2O4/c17-16(18,19)15-20-13(21-25-15)10-4-6-11(7-5-10)14(22)24-9-12-3-1-2-8-23-12/h4-7,12H,1-3,8-9H2/t12-/m0/s1. The minimum Gasteiger partial charge on any atom is -0.459 e. The summed E-state index contributed by atoms with van der Waals surface area (Å²) in [6.45, 7) is 0.849. The lowest BCUT2D eigenvalue weighted by atomic mass is 10.1. The molecule has 1 aromatic heterocycles. The summed E-state index contributed by atoms with van der Waals surface area (Å²) in [5, 5.41) is 3.29. The highest BCUT2D eigenvalue weighted by Gasteiger charge is 2.38. The van der Waals surface area contributed by atoms with Crippen molar-refractivity contribution in [2.75, 3.05) is 13.2 Å². The van der Waals surface area contributed by atoms with Crippen molar-refractivity contribution in [2.45, 2.75) is 31.5 Å². The zero-order chi connectivity index (χ0) is 17.9. The van der Waals surface area contributed by atoms with Crippen LogP contribution in [0.5, 0.6) is 0 Å². The first-order valence-corrected chi connectivity index (χ1v) is 7.73. The van der Waals surface area contributed by atoms with Crippen molar-refractivity contribution in [3.8, 4) is 11.4 Å². The van der Waals surface area contributed by atoms with Crippen LogP contribution in [0.3, 0.4) is 0 Å². The first-order valence-electron chi connectivity index (χ1n) is 7.73. The zero-order valence-corrected chi connectivity index (χ0v) is 13.1. The Morgan fingerprint density at radius 3 is 2.60 bits per heavy atom. The largest absolute Gasteiger partial charge is 0.471 e. The number of esters is 1. The molecule has 0 radical (unpaired) electrons. The van der Waals surface area contributed by atoms with Crippen molar-refractivity contribution >= 4 is 5.97 Å². The Morgan fingerprint density at radius 1 is 1.24 bits per heavy atom. The Labute approximate surface area is 140 Å². The Bertz CT molecular complexity index is 722. The Kier molecular flexibility index (Phi) is 5.03. The number of hydrogen-bond acceptors (Lipinski definition) is 6. The molecule has 9 heteroatoms. The number of rotatable bonds is 4. The summed E-state index contributed by atoms with van der Waals surface area (Å²) in [5.41, 5.74) is 0.575. The molecule has 1 aliphatic rings. The Balaban J connectivity index is 1.61. The van der Waals surface area contributed by atoms with E-state index in [0.717, 1.165) is 19.3 Å².